The van der Waals surface area contributed by atoms with Crippen LogP contribution in [0.3, 0.4) is 0 Å². The van der Waals surface area contributed by atoms with Gasteiger partial charge < -0.3 is 5.32 Å². The quantitative estimate of drug-likeness (QED) is 0.742. The number of thiazole rings is 1. The Hall–Kier alpha value is -2.47. The van der Waals surface area contributed by atoms with Gasteiger partial charge in [0.05, 0.1) is 17.4 Å². The second-order valence-corrected chi connectivity index (χ2v) is 6.48. The molecule has 3 aromatic rings. The molecule has 124 valence electrons. The summed E-state index contributed by atoms with van der Waals surface area (Å²) in [7, 11) is 1.90. The number of hydrogen-bond acceptors (Lipinski definition) is 4. The predicted molar refractivity (Wildman–Crippen MR) is 95.9 cm³/mol. The Labute approximate surface area is 145 Å². The zero-order valence-electron chi connectivity index (χ0n) is 13.8. The molecule has 24 heavy (non-hydrogen) atoms. The van der Waals surface area contributed by atoms with E-state index in [1.54, 1.807) is 22.2 Å². The molecule has 0 fully saturated rings. The molecule has 0 bridgehead atoms. The smallest absolute Gasteiger partial charge is 0.251 e. The number of benzene rings is 1. The van der Waals surface area contributed by atoms with E-state index in [4.69, 9.17) is 4.98 Å². The average molecular weight is 340 g/mol. The van der Waals surface area contributed by atoms with Crippen molar-refractivity contribution in [2.75, 3.05) is 0 Å². The summed E-state index contributed by atoms with van der Waals surface area (Å²) in [5.74, 6) is -0.0636. The highest BCUT2D eigenvalue weighted by Crippen LogP contribution is 2.27. The molecule has 0 spiro atoms. The number of carbonyl (C=O) groups is 1. The first kappa shape index (κ1) is 16.4. The molecule has 1 atom stereocenters. The van der Waals surface area contributed by atoms with Gasteiger partial charge in [0.25, 0.3) is 5.91 Å². The first-order valence-electron chi connectivity index (χ1n) is 7.98. The second-order valence-electron chi connectivity index (χ2n) is 5.59. The van der Waals surface area contributed by atoms with Crippen LogP contribution in [0.1, 0.15) is 41.2 Å². The largest absolute Gasteiger partial charge is 0.343 e. The van der Waals surface area contributed by atoms with Crippen molar-refractivity contribution in [3.05, 3.63) is 58.5 Å². The van der Waals surface area contributed by atoms with E-state index < -0.39 is 0 Å². The van der Waals surface area contributed by atoms with Crippen molar-refractivity contribution in [2.24, 2.45) is 7.05 Å². The molecule has 2 heterocycles. The van der Waals surface area contributed by atoms with Crippen molar-refractivity contribution in [3.63, 3.8) is 0 Å². The van der Waals surface area contributed by atoms with Crippen LogP contribution in [0.2, 0.25) is 0 Å². The van der Waals surface area contributed by atoms with Crippen LogP contribution >= 0.6 is 11.3 Å². The van der Waals surface area contributed by atoms with E-state index in [2.05, 4.69) is 17.3 Å². The van der Waals surface area contributed by atoms with Crippen LogP contribution in [0.4, 0.5) is 0 Å². The van der Waals surface area contributed by atoms with E-state index in [1.807, 2.05) is 48.8 Å². The summed E-state index contributed by atoms with van der Waals surface area (Å²) in [5, 5.41) is 10.2. The summed E-state index contributed by atoms with van der Waals surface area (Å²) in [6.45, 7) is 2.11. The average Bonchev–Trinajstić information content (AvgIpc) is 3.24. The Kier molecular flexibility index (Phi) is 5.05. The molecule has 1 aromatic carbocycles. The fourth-order valence-corrected chi connectivity index (χ4v) is 3.47. The van der Waals surface area contributed by atoms with Gasteiger partial charge in [-0.15, -0.1) is 11.3 Å². The highest BCUT2D eigenvalue weighted by Gasteiger charge is 2.19. The first-order valence-corrected chi connectivity index (χ1v) is 8.86. The molecule has 3 rings (SSSR count). The number of hydrogen-bond donors (Lipinski definition) is 1. The van der Waals surface area contributed by atoms with Gasteiger partial charge in [-0.1, -0.05) is 31.5 Å². The number of nitrogens with zero attached hydrogens (tertiary/aromatic N) is 3. The third-order valence-electron chi connectivity index (χ3n) is 3.82. The van der Waals surface area contributed by atoms with Gasteiger partial charge in [-0.2, -0.15) is 5.10 Å². The van der Waals surface area contributed by atoms with Crippen LogP contribution in [-0.4, -0.2) is 20.7 Å². The topological polar surface area (TPSA) is 59.8 Å². The summed E-state index contributed by atoms with van der Waals surface area (Å²) in [4.78, 5) is 17.2. The molecule has 1 N–H and O–H groups in total. The lowest BCUT2D eigenvalue weighted by Crippen LogP contribution is -2.28. The standard InChI is InChI=1S/C18H20N4OS/c1-3-7-14(20-17(23)13-8-5-4-6-9-13)18-21-15(12-24-18)16-10-11-19-22(16)2/h4-6,8-12,14H,3,7H2,1-2H3,(H,20,23). The van der Waals surface area contributed by atoms with Crippen molar-refractivity contribution < 1.29 is 4.79 Å². The minimum atomic E-state index is -0.0744. The lowest BCUT2D eigenvalue weighted by molar-refractivity contribution is 0.0934. The summed E-state index contributed by atoms with van der Waals surface area (Å²) >= 11 is 1.57. The summed E-state index contributed by atoms with van der Waals surface area (Å²) in [5.41, 5.74) is 2.54. The van der Waals surface area contributed by atoms with Crippen molar-refractivity contribution >= 4 is 17.2 Å². The molecule has 6 heteroatoms. The van der Waals surface area contributed by atoms with Gasteiger partial charge in [-0.25, -0.2) is 4.98 Å². The van der Waals surface area contributed by atoms with Gasteiger partial charge >= 0.3 is 0 Å². The zero-order valence-corrected chi connectivity index (χ0v) is 14.6. The summed E-state index contributed by atoms with van der Waals surface area (Å²) in [6, 6.07) is 11.1. The maximum absolute atomic E-state index is 12.4. The molecule has 0 aliphatic heterocycles. The molecule has 1 unspecified atom stereocenters. The number of carbonyl (C=O) groups excluding carboxylic acids is 1. The number of aromatic nitrogens is 3. The van der Waals surface area contributed by atoms with Gasteiger partial charge in [0.15, 0.2) is 0 Å². The molecule has 5 nitrogen and oxygen atoms in total. The molecule has 1 amide bonds. The fraction of sp³-hybridized carbons (Fsp3) is 0.278. The minimum absolute atomic E-state index is 0.0636. The third-order valence-corrected chi connectivity index (χ3v) is 4.78. The number of rotatable bonds is 6. The monoisotopic (exact) mass is 340 g/mol. The van der Waals surface area contributed by atoms with Crippen LogP contribution in [0.5, 0.6) is 0 Å². The Morgan fingerprint density at radius 2 is 2.08 bits per heavy atom. The maximum Gasteiger partial charge on any atom is 0.251 e. The van der Waals surface area contributed by atoms with Crippen molar-refractivity contribution in [1.82, 2.24) is 20.1 Å². The number of aryl methyl sites for hydroxylation is 1. The Morgan fingerprint density at radius 1 is 1.29 bits per heavy atom. The van der Waals surface area contributed by atoms with Crippen LogP contribution < -0.4 is 5.32 Å². The van der Waals surface area contributed by atoms with Crippen LogP contribution in [0.25, 0.3) is 11.4 Å². The molecule has 0 radical (unpaired) electrons. The number of nitrogens with one attached hydrogen (secondary N) is 1. The van der Waals surface area contributed by atoms with Gasteiger partial charge in [0.2, 0.25) is 0 Å². The predicted octanol–water partition coefficient (Wildman–Crippen LogP) is 3.81. The molecule has 2 aromatic heterocycles. The number of amides is 1. The highest BCUT2D eigenvalue weighted by atomic mass is 32.1. The lowest BCUT2D eigenvalue weighted by atomic mass is 10.1. The van der Waals surface area contributed by atoms with Crippen LogP contribution in [0, 0.1) is 0 Å². The molecule has 0 aliphatic carbocycles. The zero-order chi connectivity index (χ0) is 16.9. The van der Waals surface area contributed by atoms with E-state index in [9.17, 15) is 4.79 Å². The Bertz CT molecular complexity index is 809. The van der Waals surface area contributed by atoms with E-state index in [0.29, 0.717) is 5.56 Å². The molecular weight excluding hydrogens is 320 g/mol. The van der Waals surface area contributed by atoms with Crippen LogP contribution in [-0.2, 0) is 7.05 Å². The molecule has 0 saturated heterocycles. The fourth-order valence-electron chi connectivity index (χ4n) is 2.57. The lowest BCUT2D eigenvalue weighted by Gasteiger charge is -2.15. The van der Waals surface area contributed by atoms with Crippen molar-refractivity contribution in [2.45, 2.75) is 25.8 Å². The SMILES string of the molecule is CCCC(NC(=O)c1ccccc1)c1nc(-c2ccnn2C)cs1. The van der Waals surface area contributed by atoms with E-state index in [-0.39, 0.29) is 11.9 Å². The summed E-state index contributed by atoms with van der Waals surface area (Å²) < 4.78 is 1.80. The first-order chi connectivity index (χ1) is 11.7. The van der Waals surface area contributed by atoms with Crippen LogP contribution in [0.15, 0.2) is 48.0 Å². The van der Waals surface area contributed by atoms with Crippen molar-refractivity contribution in [1.29, 1.82) is 0 Å². The van der Waals surface area contributed by atoms with E-state index in [1.165, 1.54) is 0 Å². The Morgan fingerprint density at radius 3 is 2.75 bits per heavy atom. The van der Waals surface area contributed by atoms with Gasteiger partial charge in [0, 0.05) is 24.2 Å². The maximum atomic E-state index is 12.4. The summed E-state index contributed by atoms with van der Waals surface area (Å²) in [6.07, 6.45) is 3.59. The van der Waals surface area contributed by atoms with Gasteiger partial charge in [-0.05, 0) is 24.6 Å². The van der Waals surface area contributed by atoms with Gasteiger partial charge in [-0.3, -0.25) is 9.48 Å². The normalized spacial score (nSPS) is 12.1. The highest BCUT2D eigenvalue weighted by molar-refractivity contribution is 7.10. The Balaban J connectivity index is 1.80. The third kappa shape index (κ3) is 3.54. The van der Waals surface area contributed by atoms with E-state index in [0.717, 1.165) is 29.2 Å². The van der Waals surface area contributed by atoms with Gasteiger partial charge in [0.1, 0.15) is 5.01 Å². The van der Waals surface area contributed by atoms with E-state index >= 15 is 0 Å². The molecule has 0 saturated carbocycles. The van der Waals surface area contributed by atoms with Crippen molar-refractivity contribution in [3.8, 4) is 11.4 Å². The second kappa shape index (κ2) is 7.40. The minimum Gasteiger partial charge on any atom is -0.343 e. The molecular formula is C18H20N4OS. The molecule has 0 aliphatic rings.